The molecule has 5 rings (SSSR count). The number of amides is 1. The van der Waals surface area contributed by atoms with Crippen LogP contribution < -0.4 is 5.32 Å². The number of carboxylic acid groups (broad SMARTS) is 1. The predicted octanol–water partition coefficient (Wildman–Crippen LogP) is 5.47. The molecule has 6 nitrogen and oxygen atoms in total. The molecule has 1 aliphatic rings. The molecule has 2 N–H and O–H groups in total. The van der Waals surface area contributed by atoms with E-state index in [1.807, 2.05) is 48.5 Å². The Labute approximate surface area is 181 Å². The summed E-state index contributed by atoms with van der Waals surface area (Å²) in [4.78, 5) is 15.7. The summed E-state index contributed by atoms with van der Waals surface area (Å²) in [6, 6.07) is 20.2. The maximum absolute atomic E-state index is 11.3. The first kappa shape index (κ1) is 18.8. The van der Waals surface area contributed by atoms with Gasteiger partial charge >= 0.3 is 6.09 Å². The number of carbonyl (C=O) groups is 1. The quantitative estimate of drug-likeness (QED) is 0.421. The molecule has 0 saturated heterocycles. The first-order chi connectivity index (χ1) is 14.6. The largest absolute Gasteiger partial charge is 0.465 e. The third kappa shape index (κ3) is 3.15. The van der Waals surface area contributed by atoms with Gasteiger partial charge in [0.2, 0.25) is 0 Å². The second kappa shape index (κ2) is 7.25. The number of aromatic nitrogens is 3. The van der Waals surface area contributed by atoms with Crippen LogP contribution in [0.2, 0.25) is 0 Å². The molecule has 1 saturated carbocycles. The molecule has 4 aromatic rings. The Morgan fingerprint density at radius 1 is 1.07 bits per heavy atom. The number of benzene rings is 2. The number of halogens is 1. The second-order valence-electron chi connectivity index (χ2n) is 7.57. The van der Waals surface area contributed by atoms with Crippen molar-refractivity contribution < 1.29 is 9.90 Å². The molecule has 150 valence electrons. The summed E-state index contributed by atoms with van der Waals surface area (Å²) in [5.41, 5.74) is 5.14. The minimum Gasteiger partial charge on any atom is -0.465 e. The number of imidazole rings is 1. The monoisotopic (exact) mass is 462 g/mol. The zero-order chi connectivity index (χ0) is 20.7. The molecular weight excluding hydrogens is 444 g/mol. The summed E-state index contributed by atoms with van der Waals surface area (Å²) in [5.74, 6) is 0. The smallest absolute Gasteiger partial charge is 0.405 e. The van der Waals surface area contributed by atoms with Crippen LogP contribution >= 0.6 is 15.9 Å². The highest BCUT2D eigenvalue weighted by atomic mass is 79.9. The lowest BCUT2D eigenvalue weighted by molar-refractivity contribution is 0.144. The van der Waals surface area contributed by atoms with E-state index in [0.29, 0.717) is 0 Å². The summed E-state index contributed by atoms with van der Waals surface area (Å²) in [6.07, 6.45) is 3.41. The maximum atomic E-state index is 11.3. The highest BCUT2D eigenvalue weighted by molar-refractivity contribution is 9.10. The Balaban J connectivity index is 1.62. The van der Waals surface area contributed by atoms with Crippen molar-refractivity contribution in [2.24, 2.45) is 0 Å². The van der Waals surface area contributed by atoms with Crippen LogP contribution in [0, 0.1) is 0 Å². The predicted molar refractivity (Wildman–Crippen MR) is 118 cm³/mol. The molecule has 2 aromatic carbocycles. The van der Waals surface area contributed by atoms with E-state index in [2.05, 4.69) is 38.4 Å². The molecule has 2 heterocycles. The summed E-state index contributed by atoms with van der Waals surface area (Å²) >= 11 is 3.51. The number of hydrogen-bond donors (Lipinski definition) is 2. The molecule has 2 aromatic heterocycles. The van der Waals surface area contributed by atoms with Gasteiger partial charge in [-0.15, -0.1) is 0 Å². The number of nitrogens with one attached hydrogen (secondary N) is 1. The van der Waals surface area contributed by atoms with E-state index in [-0.39, 0.29) is 0 Å². The lowest BCUT2D eigenvalue weighted by Gasteiger charge is -2.42. The van der Waals surface area contributed by atoms with E-state index in [1.165, 1.54) is 0 Å². The Hall–Kier alpha value is -3.19. The van der Waals surface area contributed by atoms with Gasteiger partial charge in [-0.25, -0.2) is 14.3 Å². The number of rotatable bonds is 4. The van der Waals surface area contributed by atoms with Crippen molar-refractivity contribution in [3.8, 4) is 22.4 Å². The van der Waals surface area contributed by atoms with Crippen LogP contribution in [0.15, 0.2) is 71.5 Å². The minimum atomic E-state index is -0.984. The van der Waals surface area contributed by atoms with Crippen LogP contribution in [-0.2, 0) is 5.54 Å². The molecule has 0 bridgehead atoms. The molecule has 0 unspecified atom stereocenters. The highest BCUT2D eigenvalue weighted by Gasteiger charge is 2.40. The minimum absolute atomic E-state index is 0.475. The average molecular weight is 463 g/mol. The van der Waals surface area contributed by atoms with Gasteiger partial charge in [0.25, 0.3) is 0 Å². The standard InChI is InChI=1S/C23H19BrN4O2/c24-19-14-25-20-13-18(15-5-2-1-3-6-15)21(27-28(19)20)16-7-9-17(10-8-16)23(11-4-12-23)26-22(29)30/h1-3,5-10,13-14,26H,4,11-12H2,(H,29,30). The average Bonchev–Trinajstić information content (AvgIpc) is 3.10. The molecule has 0 radical (unpaired) electrons. The molecule has 0 aliphatic heterocycles. The third-order valence-corrected chi connectivity index (χ3v) is 6.34. The first-order valence-electron chi connectivity index (χ1n) is 9.77. The van der Waals surface area contributed by atoms with Crippen molar-refractivity contribution in [3.05, 3.63) is 77.0 Å². The van der Waals surface area contributed by atoms with Gasteiger partial charge in [0.05, 0.1) is 17.4 Å². The van der Waals surface area contributed by atoms with Crippen LogP contribution in [0.3, 0.4) is 0 Å². The Morgan fingerprint density at radius 2 is 1.80 bits per heavy atom. The SMILES string of the molecule is O=C(O)NC1(c2ccc(-c3nn4c(Br)cnc4cc3-c3ccccc3)cc2)CCC1. The molecule has 1 amide bonds. The van der Waals surface area contributed by atoms with Crippen molar-refractivity contribution in [2.45, 2.75) is 24.8 Å². The van der Waals surface area contributed by atoms with Gasteiger partial charge in [-0.05, 0) is 52.4 Å². The van der Waals surface area contributed by atoms with Crippen molar-refractivity contribution in [1.29, 1.82) is 0 Å². The summed E-state index contributed by atoms with van der Waals surface area (Å²) < 4.78 is 2.56. The van der Waals surface area contributed by atoms with E-state index >= 15 is 0 Å². The zero-order valence-corrected chi connectivity index (χ0v) is 17.6. The molecule has 7 heteroatoms. The maximum Gasteiger partial charge on any atom is 0.405 e. The van der Waals surface area contributed by atoms with Crippen molar-refractivity contribution in [3.63, 3.8) is 0 Å². The van der Waals surface area contributed by atoms with Crippen molar-refractivity contribution in [2.75, 3.05) is 0 Å². The summed E-state index contributed by atoms with van der Waals surface area (Å²) in [6.45, 7) is 0. The second-order valence-corrected chi connectivity index (χ2v) is 8.38. The topological polar surface area (TPSA) is 79.5 Å². The summed E-state index contributed by atoms with van der Waals surface area (Å²) in [7, 11) is 0. The van der Waals surface area contributed by atoms with E-state index in [1.54, 1.807) is 10.7 Å². The molecule has 1 fully saturated rings. The van der Waals surface area contributed by atoms with Crippen LogP contribution in [-0.4, -0.2) is 25.8 Å². The fourth-order valence-corrected chi connectivity index (χ4v) is 4.47. The highest BCUT2D eigenvalue weighted by Crippen LogP contribution is 2.42. The van der Waals surface area contributed by atoms with E-state index in [9.17, 15) is 9.90 Å². The van der Waals surface area contributed by atoms with Crippen molar-refractivity contribution in [1.82, 2.24) is 19.9 Å². The first-order valence-corrected chi connectivity index (χ1v) is 10.6. The Morgan fingerprint density at radius 3 is 2.43 bits per heavy atom. The van der Waals surface area contributed by atoms with Crippen LogP contribution in [0.1, 0.15) is 24.8 Å². The van der Waals surface area contributed by atoms with Crippen LogP contribution in [0.25, 0.3) is 28.0 Å². The molecule has 0 spiro atoms. The molecule has 1 aliphatic carbocycles. The normalized spacial score (nSPS) is 15.0. The number of hydrogen-bond acceptors (Lipinski definition) is 3. The summed E-state index contributed by atoms with van der Waals surface area (Å²) in [5, 5.41) is 16.8. The molecular formula is C23H19BrN4O2. The van der Waals surface area contributed by atoms with Gasteiger partial charge in [0.1, 0.15) is 4.60 Å². The fraction of sp³-hybridized carbons (Fsp3) is 0.174. The van der Waals surface area contributed by atoms with Gasteiger partial charge in [-0.2, -0.15) is 5.10 Å². The Kier molecular flexibility index (Phi) is 4.55. The van der Waals surface area contributed by atoms with Gasteiger partial charge in [-0.1, -0.05) is 54.6 Å². The zero-order valence-electron chi connectivity index (χ0n) is 16.0. The number of fused-ring (bicyclic) bond motifs is 1. The van der Waals surface area contributed by atoms with E-state index in [0.717, 1.165) is 57.5 Å². The van der Waals surface area contributed by atoms with Crippen LogP contribution in [0.4, 0.5) is 4.79 Å². The van der Waals surface area contributed by atoms with Crippen molar-refractivity contribution >= 4 is 27.7 Å². The van der Waals surface area contributed by atoms with E-state index < -0.39 is 11.6 Å². The van der Waals surface area contributed by atoms with Gasteiger partial charge < -0.3 is 10.4 Å². The van der Waals surface area contributed by atoms with Crippen LogP contribution in [0.5, 0.6) is 0 Å². The molecule has 0 atom stereocenters. The Bertz CT molecular complexity index is 1230. The lowest BCUT2D eigenvalue weighted by Crippen LogP contribution is -2.50. The lowest BCUT2D eigenvalue weighted by atomic mass is 9.71. The third-order valence-electron chi connectivity index (χ3n) is 5.80. The molecule has 30 heavy (non-hydrogen) atoms. The fourth-order valence-electron chi connectivity index (χ4n) is 4.11. The van der Waals surface area contributed by atoms with E-state index in [4.69, 9.17) is 5.10 Å². The van der Waals surface area contributed by atoms with Gasteiger partial charge in [-0.3, -0.25) is 0 Å². The van der Waals surface area contributed by atoms with Gasteiger partial charge in [0, 0.05) is 11.1 Å². The van der Waals surface area contributed by atoms with Gasteiger partial charge in [0.15, 0.2) is 5.65 Å². The number of nitrogens with zero attached hydrogens (tertiary/aromatic N) is 3.